The third kappa shape index (κ3) is 4.94. The highest BCUT2D eigenvalue weighted by Crippen LogP contribution is 2.32. The lowest BCUT2D eigenvalue weighted by Gasteiger charge is -2.24. The lowest BCUT2D eigenvalue weighted by molar-refractivity contribution is 0.0923. The number of benzene rings is 1. The van der Waals surface area contributed by atoms with Crippen LogP contribution in [0.4, 0.5) is 0 Å². The summed E-state index contributed by atoms with van der Waals surface area (Å²) in [6, 6.07) is 7.62. The fraction of sp³-hybridized carbons (Fsp3) is 0.154. The van der Waals surface area contributed by atoms with Gasteiger partial charge in [0.15, 0.2) is 0 Å². The van der Waals surface area contributed by atoms with Crippen LogP contribution < -0.4 is 18.4 Å². The Morgan fingerprint density at radius 2 is 2.04 bits per heavy atom. The summed E-state index contributed by atoms with van der Waals surface area (Å²) in [5.41, 5.74) is 4.65. The molecule has 1 amide bonds. The highest BCUT2D eigenvalue weighted by molar-refractivity contribution is 8.21. The average Bonchev–Trinajstić information content (AvgIpc) is 2.99. The van der Waals surface area contributed by atoms with Gasteiger partial charge < -0.3 is 0 Å². The molecule has 1 atom stereocenters. The van der Waals surface area contributed by atoms with Gasteiger partial charge in [-0.05, 0) is 37.1 Å². The number of hydrazine groups is 1. The zero-order valence-electron chi connectivity index (χ0n) is 12.1. The first-order valence-corrected chi connectivity index (χ1v) is 9.88. The van der Waals surface area contributed by atoms with E-state index in [0.717, 1.165) is 10.5 Å². The number of fused-ring (bicyclic) bond motifs is 1. The van der Waals surface area contributed by atoms with Gasteiger partial charge in [-0.15, -0.1) is 0 Å². The Morgan fingerprint density at radius 1 is 1.22 bits per heavy atom. The average molecular weight is 386 g/mol. The number of aryl methyl sites for hydroxylation is 1. The van der Waals surface area contributed by atoms with Gasteiger partial charge in [-0.2, -0.15) is 8.25 Å². The van der Waals surface area contributed by atoms with Gasteiger partial charge in [0.1, 0.15) is 0 Å². The first-order valence-electron chi connectivity index (χ1n) is 6.71. The largest absolute Gasteiger partial charge is 0.268 e. The van der Waals surface area contributed by atoms with Crippen molar-refractivity contribution in [2.24, 2.45) is 0 Å². The molecule has 1 heterocycles. The van der Waals surface area contributed by atoms with Crippen molar-refractivity contribution in [1.29, 1.82) is 0 Å². The van der Waals surface area contributed by atoms with Crippen LogP contribution in [0.5, 0.6) is 0 Å². The second-order valence-electron chi connectivity index (χ2n) is 4.67. The van der Waals surface area contributed by atoms with Crippen molar-refractivity contribution in [2.75, 3.05) is 0 Å². The molecule has 1 aliphatic heterocycles. The molecule has 3 rings (SSSR count). The maximum Gasteiger partial charge on any atom is 0.267 e. The van der Waals surface area contributed by atoms with Crippen LogP contribution in [0, 0.1) is 6.92 Å². The van der Waals surface area contributed by atoms with E-state index in [9.17, 15) is 4.79 Å². The monoisotopic (exact) mass is 385 g/mol. The topological polar surface area (TPSA) is 68.4 Å². The minimum atomic E-state index is -0.146. The predicted molar refractivity (Wildman–Crippen MR) is 101 cm³/mol. The van der Waals surface area contributed by atoms with E-state index in [1.807, 2.05) is 43.3 Å². The van der Waals surface area contributed by atoms with Crippen LogP contribution in [0.3, 0.4) is 0 Å². The van der Waals surface area contributed by atoms with E-state index >= 15 is 0 Å². The molecule has 2 aliphatic rings. The van der Waals surface area contributed by atoms with Crippen LogP contribution in [0.15, 0.2) is 47.4 Å². The molecule has 4 N–H and O–H groups in total. The Balaban J connectivity index is 1.66. The van der Waals surface area contributed by atoms with Crippen molar-refractivity contribution < 1.29 is 4.79 Å². The van der Waals surface area contributed by atoms with Crippen LogP contribution in [-0.2, 0) is 0 Å². The molecule has 0 unspecified atom stereocenters. The third-order valence-corrected chi connectivity index (χ3v) is 6.23. The number of allylic oxidation sites excluding steroid dienone is 2. The van der Waals surface area contributed by atoms with Crippen molar-refractivity contribution in [3.8, 4) is 0 Å². The molecule has 6 nitrogen and oxygen atoms in total. The number of hydrogen-bond acceptors (Lipinski definition) is 9. The molecular formula is C13H15N5OS4. The van der Waals surface area contributed by atoms with Crippen LogP contribution in [0.2, 0.25) is 0 Å². The Bertz CT molecular complexity index is 621. The van der Waals surface area contributed by atoms with Gasteiger partial charge in [0.2, 0.25) is 0 Å². The van der Waals surface area contributed by atoms with Crippen molar-refractivity contribution >= 4 is 54.3 Å². The number of nitrogens with one attached hydrogen (secondary N) is 4. The molecular weight excluding hydrogens is 370 g/mol. The summed E-state index contributed by atoms with van der Waals surface area (Å²) in [4.78, 5) is 13.5. The Morgan fingerprint density at radius 3 is 2.87 bits per heavy atom. The van der Waals surface area contributed by atoms with Gasteiger partial charge in [0, 0.05) is 34.7 Å². The summed E-state index contributed by atoms with van der Waals surface area (Å²) in [5, 5.41) is 0. The molecule has 1 saturated heterocycles. The SMILES string of the molecule is Cc1ccc(C(=O)NN2SNSNSN[C@H]3C=CC=C3S2)cc1. The normalized spacial score (nSPS) is 22.3. The summed E-state index contributed by atoms with van der Waals surface area (Å²) < 4.78 is 11.1. The van der Waals surface area contributed by atoms with Crippen LogP contribution in [-0.4, -0.2) is 15.8 Å². The van der Waals surface area contributed by atoms with Crippen LogP contribution in [0.25, 0.3) is 0 Å². The van der Waals surface area contributed by atoms with Crippen LogP contribution in [0.1, 0.15) is 15.9 Å². The van der Waals surface area contributed by atoms with E-state index in [-0.39, 0.29) is 11.9 Å². The molecule has 10 heteroatoms. The standard InChI is InChI=1S/C13H15N5OS4/c1-9-5-7-10(8-6-9)13(19)14-18-20-12-4-2-3-11(12)15-21-16-22-17-23-18/h2-8,11,15-17H,1H3,(H,14,19)/t11-/m0/s1. The summed E-state index contributed by atoms with van der Waals surface area (Å²) in [5.74, 6) is -0.146. The van der Waals surface area contributed by atoms with Crippen molar-refractivity contribution in [3.63, 3.8) is 0 Å². The van der Waals surface area contributed by atoms with E-state index in [1.165, 1.54) is 48.3 Å². The Hall–Kier alpha value is -0.590. The summed E-state index contributed by atoms with van der Waals surface area (Å²) in [6.07, 6.45) is 6.11. The number of carbonyl (C=O) groups excluding carboxylic acids is 1. The van der Waals surface area contributed by atoms with Gasteiger partial charge in [-0.3, -0.25) is 10.2 Å². The Labute approximate surface area is 152 Å². The van der Waals surface area contributed by atoms with Gasteiger partial charge in [-0.25, -0.2) is 4.72 Å². The first-order chi connectivity index (χ1) is 11.2. The molecule has 1 aromatic rings. The zero-order valence-corrected chi connectivity index (χ0v) is 15.4. The molecule has 0 spiro atoms. The quantitative estimate of drug-likeness (QED) is 0.575. The second-order valence-corrected chi connectivity index (χ2v) is 8.44. The minimum Gasteiger partial charge on any atom is -0.268 e. The maximum atomic E-state index is 12.4. The smallest absolute Gasteiger partial charge is 0.267 e. The minimum absolute atomic E-state index is 0.121. The molecule has 1 aliphatic carbocycles. The number of amides is 1. The fourth-order valence-corrected chi connectivity index (χ4v) is 4.98. The first kappa shape index (κ1) is 17.2. The molecule has 0 saturated carbocycles. The predicted octanol–water partition coefficient (Wildman–Crippen LogP) is 2.88. The molecule has 122 valence electrons. The summed E-state index contributed by atoms with van der Waals surface area (Å²) in [7, 11) is 0. The number of rotatable bonds is 2. The van der Waals surface area contributed by atoms with E-state index in [2.05, 4.69) is 24.5 Å². The highest BCUT2D eigenvalue weighted by atomic mass is 32.3. The van der Waals surface area contributed by atoms with E-state index in [0.29, 0.717) is 5.56 Å². The molecule has 23 heavy (non-hydrogen) atoms. The fourth-order valence-electron chi connectivity index (χ4n) is 1.83. The van der Waals surface area contributed by atoms with Gasteiger partial charge >= 0.3 is 0 Å². The van der Waals surface area contributed by atoms with E-state index in [4.69, 9.17) is 0 Å². The molecule has 1 fully saturated rings. The van der Waals surface area contributed by atoms with Crippen molar-refractivity contribution in [3.05, 3.63) is 58.5 Å². The maximum absolute atomic E-state index is 12.4. The van der Waals surface area contributed by atoms with E-state index in [1.54, 1.807) is 3.82 Å². The lowest BCUT2D eigenvalue weighted by atomic mass is 10.1. The number of nitrogens with zero attached hydrogens (tertiary/aromatic N) is 1. The molecule has 1 aromatic carbocycles. The van der Waals surface area contributed by atoms with Crippen molar-refractivity contribution in [1.82, 2.24) is 22.2 Å². The van der Waals surface area contributed by atoms with Gasteiger partial charge in [-0.1, -0.05) is 33.7 Å². The van der Waals surface area contributed by atoms with Crippen molar-refractivity contribution in [2.45, 2.75) is 13.0 Å². The number of hydrogen-bond donors (Lipinski definition) is 4. The number of carbonyl (C=O) groups is 1. The third-order valence-electron chi connectivity index (χ3n) is 3.00. The molecule has 0 radical (unpaired) electrons. The lowest BCUT2D eigenvalue weighted by Crippen LogP contribution is -2.36. The summed E-state index contributed by atoms with van der Waals surface area (Å²) >= 11 is 5.51. The van der Waals surface area contributed by atoms with E-state index < -0.39 is 0 Å². The summed E-state index contributed by atoms with van der Waals surface area (Å²) in [6.45, 7) is 2.00. The zero-order chi connectivity index (χ0) is 16.1. The molecule has 0 bridgehead atoms. The van der Waals surface area contributed by atoms with Gasteiger partial charge in [0.25, 0.3) is 5.91 Å². The Kier molecular flexibility index (Phi) is 6.36. The highest BCUT2D eigenvalue weighted by Gasteiger charge is 2.22. The van der Waals surface area contributed by atoms with Crippen LogP contribution >= 0.6 is 48.3 Å². The second kappa shape index (κ2) is 8.49. The van der Waals surface area contributed by atoms with Gasteiger partial charge in [0.05, 0.1) is 18.2 Å². The molecule has 0 aromatic heterocycles.